The summed E-state index contributed by atoms with van der Waals surface area (Å²) >= 11 is 0. The summed E-state index contributed by atoms with van der Waals surface area (Å²) in [5.41, 5.74) is 1.99. The number of halogens is 1. The molecular formula is C24H27FN8O2. The number of H-pyrrole nitrogens is 1. The second-order valence-corrected chi connectivity index (χ2v) is 9.19. The normalized spacial score (nSPS) is 21.4. The van der Waals surface area contributed by atoms with Crippen molar-refractivity contribution in [2.24, 2.45) is 5.92 Å². The fraction of sp³-hybridized carbons (Fsp3) is 0.417. The minimum absolute atomic E-state index is 0.127. The van der Waals surface area contributed by atoms with E-state index in [2.05, 4.69) is 35.5 Å². The summed E-state index contributed by atoms with van der Waals surface area (Å²) in [6.45, 7) is 3.34. The predicted molar refractivity (Wildman–Crippen MR) is 130 cm³/mol. The van der Waals surface area contributed by atoms with E-state index in [0.717, 1.165) is 41.5 Å². The Balaban J connectivity index is 1.46. The van der Waals surface area contributed by atoms with Crippen LogP contribution in [-0.4, -0.2) is 68.9 Å². The number of ether oxygens (including phenoxy) is 1. The summed E-state index contributed by atoms with van der Waals surface area (Å²) in [4.78, 5) is 23.5. The number of anilines is 2. The van der Waals surface area contributed by atoms with Gasteiger partial charge in [-0.1, -0.05) is 0 Å². The molecule has 0 unspecified atom stereocenters. The highest BCUT2D eigenvalue weighted by atomic mass is 19.1. The Morgan fingerprint density at radius 1 is 1.23 bits per heavy atom. The third-order valence-electron chi connectivity index (χ3n) is 7.05. The van der Waals surface area contributed by atoms with Crippen molar-refractivity contribution in [3.63, 3.8) is 0 Å². The molecule has 4 aromatic rings. The molecule has 10 nitrogen and oxygen atoms in total. The predicted octanol–water partition coefficient (Wildman–Crippen LogP) is 2.73. The molecule has 2 fully saturated rings. The zero-order valence-corrected chi connectivity index (χ0v) is 19.5. The Morgan fingerprint density at radius 2 is 2.06 bits per heavy atom. The topological polar surface area (TPSA) is 124 Å². The first kappa shape index (κ1) is 21.9. The van der Waals surface area contributed by atoms with Crippen molar-refractivity contribution in [1.29, 1.82) is 0 Å². The van der Waals surface area contributed by atoms with Crippen molar-refractivity contribution >= 4 is 33.4 Å². The van der Waals surface area contributed by atoms with Gasteiger partial charge in [0, 0.05) is 37.6 Å². The van der Waals surface area contributed by atoms with Crippen LogP contribution in [0.3, 0.4) is 0 Å². The van der Waals surface area contributed by atoms with Gasteiger partial charge in [-0.3, -0.25) is 0 Å². The molecule has 4 heterocycles. The van der Waals surface area contributed by atoms with Crippen molar-refractivity contribution < 1.29 is 14.2 Å². The first-order valence-corrected chi connectivity index (χ1v) is 11.8. The van der Waals surface area contributed by atoms with Gasteiger partial charge in [0.2, 0.25) is 0 Å². The lowest BCUT2D eigenvalue weighted by Crippen LogP contribution is -2.45. The number of hydrogen-bond donors (Lipinski definition) is 4. The van der Waals surface area contributed by atoms with E-state index in [9.17, 15) is 9.50 Å². The van der Waals surface area contributed by atoms with Gasteiger partial charge in [-0.25, -0.2) is 14.4 Å². The maximum Gasteiger partial charge on any atom is 0.326 e. The van der Waals surface area contributed by atoms with Crippen LogP contribution in [0.25, 0.3) is 21.9 Å². The summed E-state index contributed by atoms with van der Waals surface area (Å²) in [5, 5.41) is 17.2. The van der Waals surface area contributed by atoms with Crippen molar-refractivity contribution in [3.8, 4) is 11.8 Å². The van der Waals surface area contributed by atoms with E-state index >= 15 is 0 Å². The van der Waals surface area contributed by atoms with Crippen LogP contribution in [0.2, 0.25) is 0 Å². The van der Waals surface area contributed by atoms with Crippen LogP contribution in [0.4, 0.5) is 15.9 Å². The van der Waals surface area contributed by atoms with Gasteiger partial charge in [0.15, 0.2) is 5.75 Å². The van der Waals surface area contributed by atoms with E-state index in [1.807, 2.05) is 0 Å². The number of fused-ring (bicyclic) bond motifs is 5. The number of piperidine rings is 1. The van der Waals surface area contributed by atoms with Crippen molar-refractivity contribution in [2.45, 2.75) is 31.8 Å². The molecule has 0 radical (unpaired) electrons. The zero-order chi connectivity index (χ0) is 24.1. The van der Waals surface area contributed by atoms with Gasteiger partial charge in [-0.15, -0.1) is 0 Å². The van der Waals surface area contributed by atoms with E-state index in [1.165, 1.54) is 12.1 Å². The highest BCUT2D eigenvalue weighted by Crippen LogP contribution is 2.44. The maximum absolute atomic E-state index is 14.5. The number of hydrogen-bond acceptors (Lipinski definition) is 9. The number of aliphatic hydroxyl groups is 1. The summed E-state index contributed by atoms with van der Waals surface area (Å²) < 4.78 is 20.5. The van der Waals surface area contributed by atoms with Crippen LogP contribution in [-0.2, 0) is 0 Å². The molecule has 2 bridgehead atoms. The lowest BCUT2D eigenvalue weighted by molar-refractivity contribution is 0.272. The van der Waals surface area contributed by atoms with Crippen molar-refractivity contribution in [3.05, 3.63) is 36.2 Å². The largest absolute Gasteiger partial charge is 0.421 e. The zero-order valence-electron chi connectivity index (χ0n) is 19.5. The monoisotopic (exact) mass is 478 g/mol. The van der Waals surface area contributed by atoms with E-state index < -0.39 is 0 Å². The molecule has 4 N–H and O–H groups in total. The molecule has 2 aliphatic rings. The lowest BCUT2D eigenvalue weighted by Gasteiger charge is -2.33. The van der Waals surface area contributed by atoms with Gasteiger partial charge in [-0.2, -0.15) is 9.97 Å². The van der Waals surface area contributed by atoms with Crippen LogP contribution in [0.15, 0.2) is 24.5 Å². The number of aromatic nitrogens is 5. The SMILES string of the molecule is CNc1cc(F)cc2c1[nH]c1nc(Oc3cnc(C)nc3)nc(N3C[C@H]4C[C@@H]3C[C@H]4NCCO)c12. The minimum atomic E-state index is -0.331. The van der Waals surface area contributed by atoms with Gasteiger partial charge in [0.1, 0.15) is 23.1 Å². The molecule has 35 heavy (non-hydrogen) atoms. The average Bonchev–Trinajstić information content (AvgIpc) is 3.55. The lowest BCUT2D eigenvalue weighted by atomic mass is 10.0. The third kappa shape index (κ3) is 3.80. The van der Waals surface area contributed by atoms with E-state index in [0.29, 0.717) is 41.4 Å². The Kier molecular flexibility index (Phi) is 5.37. The maximum atomic E-state index is 14.5. The summed E-state index contributed by atoms with van der Waals surface area (Å²) in [7, 11) is 1.76. The first-order chi connectivity index (χ1) is 17.0. The van der Waals surface area contributed by atoms with E-state index in [-0.39, 0.29) is 24.5 Å². The number of aromatic amines is 1. The van der Waals surface area contributed by atoms with Gasteiger partial charge in [0.05, 0.1) is 35.6 Å². The number of aliphatic hydroxyl groups excluding tert-OH is 1. The van der Waals surface area contributed by atoms with Gasteiger partial charge < -0.3 is 30.4 Å². The molecular weight excluding hydrogens is 451 g/mol. The van der Waals surface area contributed by atoms with Gasteiger partial charge in [-0.05, 0) is 37.8 Å². The van der Waals surface area contributed by atoms with Crippen molar-refractivity contribution in [2.75, 3.05) is 37.0 Å². The summed E-state index contributed by atoms with van der Waals surface area (Å²) in [5.74, 6) is 1.92. The highest BCUT2D eigenvalue weighted by Gasteiger charge is 2.45. The molecule has 1 saturated carbocycles. The van der Waals surface area contributed by atoms with Crippen molar-refractivity contribution in [1.82, 2.24) is 30.2 Å². The van der Waals surface area contributed by atoms with Crippen LogP contribution in [0.1, 0.15) is 18.7 Å². The number of rotatable bonds is 7. The number of benzene rings is 1. The summed E-state index contributed by atoms with van der Waals surface area (Å²) in [6.07, 6.45) is 5.17. The van der Waals surface area contributed by atoms with Gasteiger partial charge in [0.25, 0.3) is 0 Å². The standard InChI is InChI=1S/C24H27FN8O2/c1-12-28-9-16(10-29-12)35-24-31-22-20(17-6-14(25)7-19(26-2)21(17)30-22)23(32-24)33-11-13-5-15(33)8-18(13)27-3-4-34/h6-7,9-10,13,15,18,26-27,34H,3-5,8,11H2,1-2H3,(H,30,31,32)/t13-,15-,18-/m1/s1. The smallest absolute Gasteiger partial charge is 0.326 e. The molecule has 11 heteroatoms. The molecule has 1 aliphatic carbocycles. The molecule has 3 atom stereocenters. The first-order valence-electron chi connectivity index (χ1n) is 11.8. The Labute approximate surface area is 201 Å². The highest BCUT2D eigenvalue weighted by molar-refractivity contribution is 6.14. The number of nitrogens with zero attached hydrogens (tertiary/aromatic N) is 5. The minimum Gasteiger partial charge on any atom is -0.421 e. The number of nitrogens with one attached hydrogen (secondary N) is 3. The van der Waals surface area contributed by atoms with E-state index in [4.69, 9.17) is 9.72 Å². The Hall–Kier alpha value is -3.57. The van der Waals surface area contributed by atoms with Gasteiger partial charge >= 0.3 is 6.01 Å². The van der Waals surface area contributed by atoms with E-state index in [1.54, 1.807) is 26.4 Å². The van der Waals surface area contributed by atoms with Crippen LogP contribution in [0.5, 0.6) is 11.8 Å². The molecule has 0 spiro atoms. The Bertz CT molecular complexity index is 1390. The molecule has 6 rings (SSSR count). The molecule has 0 amide bonds. The van der Waals surface area contributed by atoms with Crippen LogP contribution >= 0.6 is 0 Å². The second-order valence-electron chi connectivity index (χ2n) is 9.19. The second kappa shape index (κ2) is 8.58. The fourth-order valence-electron chi connectivity index (χ4n) is 5.53. The fourth-order valence-corrected chi connectivity index (χ4v) is 5.53. The van der Waals surface area contributed by atoms with Crippen LogP contribution < -0.4 is 20.3 Å². The molecule has 3 aromatic heterocycles. The average molecular weight is 479 g/mol. The number of aryl methyl sites for hydroxylation is 1. The molecule has 1 aliphatic heterocycles. The molecule has 182 valence electrons. The molecule has 1 aromatic carbocycles. The quantitative estimate of drug-likeness (QED) is 0.317. The molecule has 1 saturated heterocycles. The summed E-state index contributed by atoms with van der Waals surface area (Å²) in [6, 6.07) is 3.82. The Morgan fingerprint density at radius 3 is 2.77 bits per heavy atom. The third-order valence-corrected chi connectivity index (χ3v) is 7.05. The van der Waals surface area contributed by atoms with Crippen LogP contribution in [0, 0.1) is 18.7 Å².